The topological polar surface area (TPSA) is 41.8 Å². The van der Waals surface area contributed by atoms with E-state index in [1.165, 1.54) is 0 Å². The van der Waals surface area contributed by atoms with Crippen molar-refractivity contribution >= 4 is 5.71 Å². The second kappa shape index (κ2) is 3.91. The Bertz CT molecular complexity index is 428. The zero-order valence-electron chi connectivity index (χ0n) is 9.90. The van der Waals surface area contributed by atoms with Crippen molar-refractivity contribution in [1.82, 2.24) is 0 Å². The van der Waals surface area contributed by atoms with Crippen molar-refractivity contribution in [2.24, 2.45) is 4.99 Å². The average molecular weight is 219 g/mol. The van der Waals surface area contributed by atoms with Crippen LogP contribution in [-0.4, -0.2) is 16.4 Å². The first-order chi connectivity index (χ1) is 7.57. The van der Waals surface area contributed by atoms with E-state index in [-0.39, 0.29) is 17.6 Å². The van der Waals surface area contributed by atoms with Gasteiger partial charge in [0.25, 0.3) is 0 Å². The van der Waals surface area contributed by atoms with E-state index in [0.29, 0.717) is 0 Å². The number of phenolic OH excluding ortho intramolecular Hbond substituents is 1. The highest BCUT2D eigenvalue weighted by molar-refractivity contribution is 5.91. The van der Waals surface area contributed by atoms with Crippen molar-refractivity contribution in [1.29, 1.82) is 0 Å². The molecule has 86 valence electrons. The third-order valence-corrected chi connectivity index (χ3v) is 3.33. The smallest absolute Gasteiger partial charge is 0.178 e. The lowest BCUT2D eigenvalue weighted by molar-refractivity contribution is -0.0181. The number of ether oxygens (including phenoxy) is 1. The molecule has 2 atom stereocenters. The SMILES string of the molecule is CCC1(C)OC(c2ccccc2O)N=C1C. The number of hydrogen-bond donors (Lipinski definition) is 1. The van der Waals surface area contributed by atoms with E-state index >= 15 is 0 Å². The highest BCUT2D eigenvalue weighted by Crippen LogP contribution is 2.38. The lowest BCUT2D eigenvalue weighted by Gasteiger charge is -2.23. The van der Waals surface area contributed by atoms with E-state index in [1.54, 1.807) is 12.1 Å². The molecule has 16 heavy (non-hydrogen) atoms. The monoisotopic (exact) mass is 219 g/mol. The Morgan fingerprint density at radius 1 is 1.44 bits per heavy atom. The fraction of sp³-hybridized carbons (Fsp3) is 0.462. The molecule has 0 fully saturated rings. The maximum Gasteiger partial charge on any atom is 0.178 e. The second-order valence-electron chi connectivity index (χ2n) is 4.33. The molecule has 1 aromatic carbocycles. The molecule has 0 radical (unpaired) electrons. The average Bonchev–Trinajstić information content (AvgIpc) is 2.57. The van der Waals surface area contributed by atoms with Gasteiger partial charge in [0.1, 0.15) is 11.4 Å². The molecule has 3 heteroatoms. The lowest BCUT2D eigenvalue weighted by Crippen LogP contribution is -2.31. The number of aliphatic imine (C=N–C) groups is 1. The zero-order valence-corrected chi connectivity index (χ0v) is 9.90. The lowest BCUT2D eigenvalue weighted by atomic mass is 9.99. The normalized spacial score (nSPS) is 29.2. The van der Waals surface area contributed by atoms with Gasteiger partial charge in [-0.2, -0.15) is 0 Å². The van der Waals surface area contributed by atoms with Crippen LogP contribution < -0.4 is 0 Å². The van der Waals surface area contributed by atoms with Crippen LogP contribution in [0.15, 0.2) is 29.3 Å². The van der Waals surface area contributed by atoms with Crippen LogP contribution in [0.3, 0.4) is 0 Å². The summed E-state index contributed by atoms with van der Waals surface area (Å²) in [6, 6.07) is 7.18. The first kappa shape index (κ1) is 11.1. The zero-order chi connectivity index (χ0) is 11.8. The minimum absolute atomic E-state index is 0.240. The number of phenols is 1. The fourth-order valence-corrected chi connectivity index (χ4v) is 1.84. The quantitative estimate of drug-likeness (QED) is 0.830. The first-order valence-corrected chi connectivity index (χ1v) is 5.57. The molecule has 1 N–H and O–H groups in total. The number of para-hydroxylation sites is 1. The van der Waals surface area contributed by atoms with Crippen LogP contribution >= 0.6 is 0 Å². The third kappa shape index (κ3) is 1.71. The highest BCUT2D eigenvalue weighted by atomic mass is 16.5. The molecule has 0 aliphatic carbocycles. The minimum atomic E-state index is -0.369. The van der Waals surface area contributed by atoms with Crippen molar-refractivity contribution in [3.8, 4) is 5.75 Å². The number of hydrogen-bond acceptors (Lipinski definition) is 3. The molecule has 0 spiro atoms. The Morgan fingerprint density at radius 3 is 2.69 bits per heavy atom. The summed E-state index contributed by atoms with van der Waals surface area (Å²) in [6.45, 7) is 6.08. The maximum absolute atomic E-state index is 9.75. The summed E-state index contributed by atoms with van der Waals surface area (Å²) < 4.78 is 5.91. The van der Waals surface area contributed by atoms with Crippen LogP contribution in [-0.2, 0) is 4.74 Å². The van der Waals surface area contributed by atoms with Crippen LogP contribution in [0.1, 0.15) is 39.0 Å². The summed E-state index contributed by atoms with van der Waals surface area (Å²) in [5.74, 6) is 0.240. The molecule has 0 bridgehead atoms. The van der Waals surface area contributed by atoms with Gasteiger partial charge in [-0.25, -0.2) is 0 Å². The van der Waals surface area contributed by atoms with Gasteiger partial charge in [-0.15, -0.1) is 0 Å². The van der Waals surface area contributed by atoms with E-state index in [9.17, 15) is 5.11 Å². The van der Waals surface area contributed by atoms with Gasteiger partial charge in [-0.1, -0.05) is 25.1 Å². The molecule has 2 unspecified atom stereocenters. The van der Waals surface area contributed by atoms with Crippen molar-refractivity contribution in [3.63, 3.8) is 0 Å². The predicted octanol–water partition coefficient (Wildman–Crippen LogP) is 3.05. The molecule has 1 aliphatic heterocycles. The third-order valence-electron chi connectivity index (χ3n) is 3.33. The molecule has 0 aromatic heterocycles. The molecule has 3 nitrogen and oxygen atoms in total. The molecule has 0 saturated heterocycles. The van der Waals surface area contributed by atoms with Gasteiger partial charge in [0.05, 0.1) is 0 Å². The molecule has 2 rings (SSSR count). The minimum Gasteiger partial charge on any atom is -0.507 e. The van der Waals surface area contributed by atoms with Crippen molar-refractivity contribution in [2.75, 3.05) is 0 Å². The molecular formula is C13H17NO2. The van der Waals surface area contributed by atoms with Crippen LogP contribution in [0.5, 0.6) is 5.75 Å². The van der Waals surface area contributed by atoms with E-state index in [2.05, 4.69) is 11.9 Å². The van der Waals surface area contributed by atoms with Gasteiger partial charge in [0.15, 0.2) is 6.23 Å². The van der Waals surface area contributed by atoms with Gasteiger partial charge in [-0.3, -0.25) is 4.99 Å². The molecule has 1 aromatic rings. The Kier molecular flexibility index (Phi) is 2.72. The second-order valence-corrected chi connectivity index (χ2v) is 4.33. The summed E-state index contributed by atoms with van der Waals surface area (Å²) >= 11 is 0. The fourth-order valence-electron chi connectivity index (χ4n) is 1.84. The van der Waals surface area contributed by atoms with Gasteiger partial charge in [0.2, 0.25) is 0 Å². The first-order valence-electron chi connectivity index (χ1n) is 5.57. The Hall–Kier alpha value is -1.35. The van der Waals surface area contributed by atoms with Gasteiger partial charge in [0, 0.05) is 11.3 Å². The van der Waals surface area contributed by atoms with Crippen molar-refractivity contribution in [3.05, 3.63) is 29.8 Å². The number of rotatable bonds is 2. The molecular weight excluding hydrogens is 202 g/mol. The highest BCUT2D eigenvalue weighted by Gasteiger charge is 2.37. The van der Waals surface area contributed by atoms with E-state index in [4.69, 9.17) is 4.74 Å². The molecule has 1 aliphatic rings. The van der Waals surface area contributed by atoms with Crippen molar-refractivity contribution < 1.29 is 9.84 Å². The summed E-state index contributed by atoms with van der Waals surface area (Å²) in [5, 5.41) is 9.75. The van der Waals surface area contributed by atoms with Crippen molar-refractivity contribution in [2.45, 2.75) is 39.0 Å². The maximum atomic E-state index is 9.75. The standard InChI is InChI=1S/C13H17NO2/c1-4-13(3)9(2)14-12(16-13)10-7-5-6-8-11(10)15/h5-8,12,15H,4H2,1-3H3. The molecule has 0 amide bonds. The van der Waals surface area contributed by atoms with E-state index < -0.39 is 0 Å². The Labute approximate surface area is 95.8 Å². The Morgan fingerprint density at radius 2 is 2.12 bits per heavy atom. The summed E-state index contributed by atoms with van der Waals surface area (Å²) in [4.78, 5) is 4.48. The van der Waals surface area contributed by atoms with Gasteiger partial charge in [-0.05, 0) is 26.3 Å². The number of nitrogens with zero attached hydrogens (tertiary/aromatic N) is 1. The largest absolute Gasteiger partial charge is 0.507 e. The molecule has 0 saturated carbocycles. The summed E-state index contributed by atoms with van der Waals surface area (Å²) in [6.07, 6.45) is 0.512. The Balaban J connectivity index is 2.31. The van der Waals surface area contributed by atoms with Crippen LogP contribution in [0.2, 0.25) is 0 Å². The predicted molar refractivity (Wildman–Crippen MR) is 63.7 cm³/mol. The van der Waals surface area contributed by atoms with Crippen LogP contribution in [0, 0.1) is 0 Å². The van der Waals surface area contributed by atoms with Gasteiger partial charge >= 0.3 is 0 Å². The van der Waals surface area contributed by atoms with Gasteiger partial charge < -0.3 is 9.84 Å². The number of aromatic hydroxyl groups is 1. The van der Waals surface area contributed by atoms with E-state index in [1.807, 2.05) is 26.0 Å². The van der Waals surface area contributed by atoms with E-state index in [0.717, 1.165) is 17.7 Å². The van der Waals surface area contributed by atoms with Crippen LogP contribution in [0.4, 0.5) is 0 Å². The summed E-state index contributed by atoms with van der Waals surface area (Å²) in [5.41, 5.74) is 1.43. The summed E-state index contributed by atoms with van der Waals surface area (Å²) in [7, 11) is 0. The number of benzene rings is 1. The van der Waals surface area contributed by atoms with Crippen LogP contribution in [0.25, 0.3) is 0 Å². The molecule has 1 heterocycles.